The maximum absolute atomic E-state index is 13.1. The first-order valence-corrected chi connectivity index (χ1v) is 9.18. The molecule has 3 nitrogen and oxygen atoms in total. The van der Waals surface area contributed by atoms with Crippen LogP contribution in [0.5, 0.6) is 0 Å². The molecule has 2 atom stereocenters. The monoisotopic (exact) mass is 382 g/mol. The van der Waals surface area contributed by atoms with E-state index in [2.05, 4.69) is 0 Å². The highest BCUT2D eigenvalue weighted by Crippen LogP contribution is 2.33. The Bertz CT molecular complexity index is 730. The maximum Gasteiger partial charge on any atom is 0.263 e. The molecule has 2 aromatic rings. The summed E-state index contributed by atoms with van der Waals surface area (Å²) in [4.78, 5) is 16.6. The van der Waals surface area contributed by atoms with Crippen LogP contribution >= 0.6 is 23.7 Å². The molecule has 0 aliphatic carbocycles. The fourth-order valence-corrected chi connectivity index (χ4v) is 4.40. The van der Waals surface area contributed by atoms with E-state index >= 15 is 0 Å². The van der Waals surface area contributed by atoms with Gasteiger partial charge in [-0.3, -0.25) is 4.79 Å². The molecular formula is C19H24ClFN2OS. The first-order valence-electron chi connectivity index (χ1n) is 8.37. The molecule has 2 unspecified atom stereocenters. The first-order chi connectivity index (χ1) is 11.5. The quantitative estimate of drug-likeness (QED) is 0.850. The Hall–Kier alpha value is -1.43. The second-order valence-corrected chi connectivity index (χ2v) is 7.69. The molecule has 1 aliphatic heterocycles. The Morgan fingerprint density at radius 2 is 2.04 bits per heavy atom. The van der Waals surface area contributed by atoms with E-state index in [1.165, 1.54) is 23.5 Å². The van der Waals surface area contributed by atoms with Crippen LogP contribution < -0.4 is 5.73 Å². The molecule has 1 aliphatic rings. The molecule has 1 saturated heterocycles. The van der Waals surface area contributed by atoms with Gasteiger partial charge in [-0.05, 0) is 61.9 Å². The van der Waals surface area contributed by atoms with Gasteiger partial charge in [0.25, 0.3) is 5.91 Å². The first kappa shape index (κ1) is 19.9. The van der Waals surface area contributed by atoms with Gasteiger partial charge in [-0.2, -0.15) is 0 Å². The summed E-state index contributed by atoms with van der Waals surface area (Å²) >= 11 is 1.48. The highest BCUT2D eigenvalue weighted by atomic mass is 35.5. The molecule has 1 amide bonds. The molecule has 0 bridgehead atoms. The molecule has 3 rings (SSSR count). The molecule has 136 valence electrons. The standard InChI is InChI=1S/C19H23FN2OS.ClH/c1-12-10-17(24-18(12)14-5-7-16(20)8-6-14)19(23)22-9-3-4-15(11-22)13(2)21;/h5-8,10,13,15H,3-4,9,11,21H2,1-2H3;1H. The van der Waals surface area contributed by atoms with Crippen LogP contribution in [0.1, 0.15) is 35.0 Å². The molecule has 6 heteroatoms. The minimum absolute atomic E-state index is 0. The second kappa shape index (κ2) is 8.30. The van der Waals surface area contributed by atoms with Crippen molar-refractivity contribution in [3.05, 3.63) is 46.6 Å². The number of rotatable bonds is 3. The third kappa shape index (κ3) is 4.40. The Morgan fingerprint density at radius 3 is 2.68 bits per heavy atom. The van der Waals surface area contributed by atoms with Crippen LogP contribution in [0.25, 0.3) is 10.4 Å². The predicted molar refractivity (Wildman–Crippen MR) is 104 cm³/mol. The Labute approximate surface area is 158 Å². The predicted octanol–water partition coefficient (Wildman–Crippen LogP) is 4.48. The van der Waals surface area contributed by atoms with Gasteiger partial charge >= 0.3 is 0 Å². The van der Waals surface area contributed by atoms with Crippen molar-refractivity contribution in [2.24, 2.45) is 11.7 Å². The lowest BCUT2D eigenvalue weighted by molar-refractivity contribution is 0.0666. The van der Waals surface area contributed by atoms with Crippen molar-refractivity contribution in [3.8, 4) is 10.4 Å². The van der Waals surface area contributed by atoms with Crippen molar-refractivity contribution in [1.29, 1.82) is 0 Å². The summed E-state index contributed by atoms with van der Waals surface area (Å²) in [6.45, 7) is 5.54. The summed E-state index contributed by atoms with van der Waals surface area (Å²) in [5, 5.41) is 0. The van der Waals surface area contributed by atoms with E-state index in [1.807, 2.05) is 24.8 Å². The number of carbonyl (C=O) groups excluding carboxylic acids is 1. The molecule has 0 spiro atoms. The fraction of sp³-hybridized carbons (Fsp3) is 0.421. The van der Waals surface area contributed by atoms with Crippen LogP contribution in [-0.4, -0.2) is 29.9 Å². The maximum atomic E-state index is 13.1. The van der Waals surface area contributed by atoms with Gasteiger partial charge in [0.2, 0.25) is 0 Å². The minimum Gasteiger partial charge on any atom is -0.338 e. The molecule has 2 heterocycles. The van der Waals surface area contributed by atoms with Gasteiger partial charge in [-0.25, -0.2) is 4.39 Å². The SMILES string of the molecule is Cc1cc(C(=O)N2CCCC(C(C)N)C2)sc1-c1ccc(F)cc1.Cl. The van der Waals surface area contributed by atoms with E-state index in [1.54, 1.807) is 12.1 Å². The molecule has 0 radical (unpaired) electrons. The normalized spacial score (nSPS) is 18.6. The zero-order valence-electron chi connectivity index (χ0n) is 14.5. The molecule has 2 N–H and O–H groups in total. The van der Waals surface area contributed by atoms with Crippen LogP contribution in [-0.2, 0) is 0 Å². The largest absolute Gasteiger partial charge is 0.338 e. The van der Waals surface area contributed by atoms with Gasteiger partial charge < -0.3 is 10.6 Å². The zero-order valence-corrected chi connectivity index (χ0v) is 16.1. The summed E-state index contributed by atoms with van der Waals surface area (Å²) in [6.07, 6.45) is 2.10. The number of amides is 1. The second-order valence-electron chi connectivity index (χ2n) is 6.64. The number of likely N-dealkylation sites (tertiary alicyclic amines) is 1. The van der Waals surface area contributed by atoms with Crippen molar-refractivity contribution in [3.63, 3.8) is 0 Å². The number of benzene rings is 1. The average molecular weight is 383 g/mol. The summed E-state index contributed by atoms with van der Waals surface area (Å²) in [5.74, 6) is 0.210. The van der Waals surface area contributed by atoms with Crippen LogP contribution in [0.15, 0.2) is 30.3 Å². The number of hydrogen-bond acceptors (Lipinski definition) is 3. The molecule has 1 aromatic heterocycles. The third-order valence-electron chi connectivity index (χ3n) is 4.72. The highest BCUT2D eigenvalue weighted by molar-refractivity contribution is 7.17. The van der Waals surface area contributed by atoms with Crippen molar-refractivity contribution < 1.29 is 9.18 Å². The topological polar surface area (TPSA) is 46.3 Å². The van der Waals surface area contributed by atoms with E-state index in [-0.39, 0.29) is 30.2 Å². The van der Waals surface area contributed by atoms with Crippen LogP contribution in [0.3, 0.4) is 0 Å². The number of nitrogens with zero attached hydrogens (tertiary/aromatic N) is 1. The fourth-order valence-electron chi connectivity index (χ4n) is 3.25. The number of carbonyl (C=O) groups is 1. The Morgan fingerprint density at radius 1 is 1.36 bits per heavy atom. The summed E-state index contributed by atoms with van der Waals surface area (Å²) in [7, 11) is 0. The summed E-state index contributed by atoms with van der Waals surface area (Å²) < 4.78 is 13.1. The minimum atomic E-state index is -0.250. The van der Waals surface area contributed by atoms with E-state index < -0.39 is 0 Å². The van der Waals surface area contributed by atoms with Gasteiger partial charge in [-0.15, -0.1) is 23.7 Å². The van der Waals surface area contributed by atoms with Gasteiger partial charge in [0.1, 0.15) is 5.82 Å². The zero-order chi connectivity index (χ0) is 17.3. The van der Waals surface area contributed by atoms with Gasteiger partial charge in [0, 0.05) is 24.0 Å². The van der Waals surface area contributed by atoms with E-state index in [9.17, 15) is 9.18 Å². The van der Waals surface area contributed by atoms with Crippen molar-refractivity contribution in [2.45, 2.75) is 32.7 Å². The van der Waals surface area contributed by atoms with E-state index in [4.69, 9.17) is 5.73 Å². The van der Waals surface area contributed by atoms with Crippen molar-refractivity contribution >= 4 is 29.7 Å². The number of thiophene rings is 1. The van der Waals surface area contributed by atoms with Crippen LogP contribution in [0.4, 0.5) is 4.39 Å². The van der Waals surface area contributed by atoms with E-state index in [0.717, 1.165) is 46.8 Å². The lowest BCUT2D eigenvalue weighted by Gasteiger charge is -2.34. The van der Waals surface area contributed by atoms with Crippen LogP contribution in [0, 0.1) is 18.7 Å². The van der Waals surface area contributed by atoms with Crippen molar-refractivity contribution in [2.75, 3.05) is 13.1 Å². The molecule has 1 aromatic carbocycles. The average Bonchev–Trinajstić information content (AvgIpc) is 2.97. The summed E-state index contributed by atoms with van der Waals surface area (Å²) in [5.41, 5.74) is 8.02. The summed E-state index contributed by atoms with van der Waals surface area (Å²) in [6, 6.07) is 8.48. The van der Waals surface area contributed by atoms with Gasteiger partial charge in [-0.1, -0.05) is 12.1 Å². The lowest BCUT2D eigenvalue weighted by Crippen LogP contribution is -2.44. The smallest absolute Gasteiger partial charge is 0.263 e. The van der Waals surface area contributed by atoms with Crippen molar-refractivity contribution in [1.82, 2.24) is 4.90 Å². The van der Waals surface area contributed by atoms with E-state index in [0.29, 0.717) is 5.92 Å². The molecule has 25 heavy (non-hydrogen) atoms. The number of nitrogens with two attached hydrogens (primary N) is 1. The number of aryl methyl sites for hydroxylation is 1. The molecular weight excluding hydrogens is 359 g/mol. The number of piperidine rings is 1. The molecule has 0 saturated carbocycles. The molecule has 1 fully saturated rings. The third-order valence-corrected chi connectivity index (χ3v) is 6.00. The Kier molecular flexibility index (Phi) is 6.60. The Balaban J connectivity index is 0.00000225. The lowest BCUT2D eigenvalue weighted by atomic mass is 9.92. The number of hydrogen-bond donors (Lipinski definition) is 1. The highest BCUT2D eigenvalue weighted by Gasteiger charge is 2.27. The number of halogens is 2. The van der Waals surface area contributed by atoms with Gasteiger partial charge in [0.15, 0.2) is 0 Å². The van der Waals surface area contributed by atoms with Crippen LogP contribution in [0.2, 0.25) is 0 Å². The van der Waals surface area contributed by atoms with Gasteiger partial charge in [0.05, 0.1) is 4.88 Å².